The summed E-state index contributed by atoms with van der Waals surface area (Å²) in [6, 6.07) is 7.42. The Labute approximate surface area is 141 Å². The molecule has 0 bridgehead atoms. The molecule has 22 heavy (non-hydrogen) atoms. The van der Waals surface area contributed by atoms with Gasteiger partial charge in [-0.1, -0.05) is 41.9 Å². The molecule has 0 aliphatic heterocycles. The SMILES string of the molecule is CCC(=O)N(Cc1ccc(Br)cc1)[C@H](C)C(=O)N[C@@H](C)CC. The van der Waals surface area contributed by atoms with Crippen LogP contribution >= 0.6 is 15.9 Å². The van der Waals surface area contributed by atoms with E-state index in [2.05, 4.69) is 21.2 Å². The molecule has 0 saturated heterocycles. The average Bonchev–Trinajstić information content (AvgIpc) is 2.52. The standard InChI is InChI=1S/C17H25BrN2O2/c1-5-12(3)19-17(22)13(4)20(16(21)6-2)11-14-7-9-15(18)10-8-14/h7-10,12-13H,5-6,11H2,1-4H3,(H,19,22)/t12-,13+/m0/s1. The van der Waals surface area contributed by atoms with Crippen LogP contribution in [-0.2, 0) is 16.1 Å². The normalized spacial score (nSPS) is 13.3. The van der Waals surface area contributed by atoms with Crippen LogP contribution in [0.15, 0.2) is 28.7 Å². The van der Waals surface area contributed by atoms with E-state index in [4.69, 9.17) is 0 Å². The van der Waals surface area contributed by atoms with Crippen LogP contribution in [0.1, 0.15) is 46.1 Å². The molecule has 122 valence electrons. The van der Waals surface area contributed by atoms with Gasteiger partial charge in [-0.3, -0.25) is 9.59 Å². The number of halogens is 1. The first-order valence-electron chi connectivity index (χ1n) is 7.73. The van der Waals surface area contributed by atoms with E-state index in [0.717, 1.165) is 16.5 Å². The van der Waals surface area contributed by atoms with E-state index >= 15 is 0 Å². The van der Waals surface area contributed by atoms with Crippen LogP contribution in [0.4, 0.5) is 0 Å². The number of nitrogens with zero attached hydrogens (tertiary/aromatic N) is 1. The van der Waals surface area contributed by atoms with E-state index in [1.54, 1.807) is 11.8 Å². The zero-order valence-corrected chi connectivity index (χ0v) is 15.3. The summed E-state index contributed by atoms with van der Waals surface area (Å²) in [5.41, 5.74) is 1.01. The van der Waals surface area contributed by atoms with Crippen LogP contribution in [0.2, 0.25) is 0 Å². The highest BCUT2D eigenvalue weighted by molar-refractivity contribution is 9.10. The van der Waals surface area contributed by atoms with Crippen molar-refractivity contribution in [1.82, 2.24) is 10.2 Å². The van der Waals surface area contributed by atoms with Gasteiger partial charge in [0.15, 0.2) is 0 Å². The molecule has 0 radical (unpaired) electrons. The second-order valence-corrected chi connectivity index (χ2v) is 6.41. The Balaban J connectivity index is 2.85. The number of hydrogen-bond acceptors (Lipinski definition) is 2. The lowest BCUT2D eigenvalue weighted by atomic mass is 10.1. The fraction of sp³-hybridized carbons (Fsp3) is 0.529. The highest BCUT2D eigenvalue weighted by Crippen LogP contribution is 2.15. The third kappa shape index (κ3) is 5.44. The average molecular weight is 369 g/mol. The van der Waals surface area contributed by atoms with E-state index in [0.29, 0.717) is 13.0 Å². The van der Waals surface area contributed by atoms with E-state index in [-0.39, 0.29) is 17.9 Å². The maximum absolute atomic E-state index is 12.3. The predicted molar refractivity (Wildman–Crippen MR) is 92.3 cm³/mol. The maximum atomic E-state index is 12.3. The largest absolute Gasteiger partial charge is 0.352 e. The van der Waals surface area contributed by atoms with E-state index in [1.165, 1.54) is 0 Å². The molecule has 0 unspecified atom stereocenters. The van der Waals surface area contributed by atoms with E-state index in [1.807, 2.05) is 45.0 Å². The number of benzene rings is 1. The topological polar surface area (TPSA) is 49.4 Å². The molecule has 0 spiro atoms. The number of carbonyl (C=O) groups excluding carboxylic acids is 2. The van der Waals surface area contributed by atoms with Gasteiger partial charge >= 0.3 is 0 Å². The molecule has 2 atom stereocenters. The van der Waals surface area contributed by atoms with Gasteiger partial charge in [0, 0.05) is 23.5 Å². The Hall–Kier alpha value is -1.36. The molecular weight excluding hydrogens is 344 g/mol. The van der Waals surface area contributed by atoms with E-state index < -0.39 is 6.04 Å². The first-order valence-corrected chi connectivity index (χ1v) is 8.52. The fourth-order valence-corrected chi connectivity index (χ4v) is 2.30. The van der Waals surface area contributed by atoms with Crippen molar-refractivity contribution in [2.75, 3.05) is 0 Å². The monoisotopic (exact) mass is 368 g/mol. The van der Waals surface area contributed by atoms with Gasteiger partial charge in [0.25, 0.3) is 0 Å². The van der Waals surface area contributed by atoms with Crippen molar-refractivity contribution in [3.05, 3.63) is 34.3 Å². The second-order valence-electron chi connectivity index (χ2n) is 5.50. The number of rotatable bonds is 7. The maximum Gasteiger partial charge on any atom is 0.242 e. The first kappa shape index (κ1) is 18.7. The molecule has 4 nitrogen and oxygen atoms in total. The van der Waals surface area contributed by atoms with Crippen LogP contribution in [0, 0.1) is 0 Å². The Kier molecular flexibility index (Phi) is 7.59. The molecule has 1 aromatic rings. The van der Waals surface area contributed by atoms with Crippen molar-refractivity contribution in [3.8, 4) is 0 Å². The van der Waals surface area contributed by atoms with Gasteiger partial charge in [0.1, 0.15) is 6.04 Å². The van der Waals surface area contributed by atoms with Gasteiger partial charge in [-0.2, -0.15) is 0 Å². The van der Waals surface area contributed by atoms with Crippen molar-refractivity contribution in [2.24, 2.45) is 0 Å². The Morgan fingerprint density at radius 1 is 1.18 bits per heavy atom. The van der Waals surface area contributed by atoms with Crippen molar-refractivity contribution in [1.29, 1.82) is 0 Å². The predicted octanol–water partition coefficient (Wildman–Crippen LogP) is 3.49. The minimum absolute atomic E-state index is 0.0188. The van der Waals surface area contributed by atoms with Crippen molar-refractivity contribution in [2.45, 2.75) is 59.2 Å². The van der Waals surface area contributed by atoms with Gasteiger partial charge in [-0.25, -0.2) is 0 Å². The molecule has 0 aromatic heterocycles. The molecule has 1 N–H and O–H groups in total. The summed E-state index contributed by atoms with van der Waals surface area (Å²) in [6.07, 6.45) is 1.25. The minimum Gasteiger partial charge on any atom is -0.352 e. The van der Waals surface area contributed by atoms with Gasteiger partial charge in [-0.05, 0) is 38.0 Å². The van der Waals surface area contributed by atoms with Crippen LogP contribution < -0.4 is 5.32 Å². The summed E-state index contributed by atoms with van der Waals surface area (Å²) < 4.78 is 0.993. The third-order valence-corrected chi connectivity index (χ3v) is 4.27. The fourth-order valence-electron chi connectivity index (χ4n) is 2.04. The number of amides is 2. The molecule has 0 aliphatic rings. The molecule has 2 amide bonds. The third-order valence-electron chi connectivity index (χ3n) is 3.74. The quantitative estimate of drug-likeness (QED) is 0.800. The highest BCUT2D eigenvalue weighted by atomic mass is 79.9. The number of nitrogens with one attached hydrogen (secondary N) is 1. The van der Waals surface area contributed by atoms with Crippen molar-refractivity contribution in [3.63, 3.8) is 0 Å². The second kappa shape index (κ2) is 8.93. The zero-order valence-electron chi connectivity index (χ0n) is 13.7. The summed E-state index contributed by atoms with van der Waals surface area (Å²) in [4.78, 5) is 26.2. The van der Waals surface area contributed by atoms with Crippen LogP contribution in [0.3, 0.4) is 0 Å². The van der Waals surface area contributed by atoms with Crippen molar-refractivity contribution >= 4 is 27.7 Å². The molecule has 0 aliphatic carbocycles. The molecule has 1 aromatic carbocycles. The van der Waals surface area contributed by atoms with Gasteiger partial charge < -0.3 is 10.2 Å². The number of hydrogen-bond donors (Lipinski definition) is 1. The van der Waals surface area contributed by atoms with Gasteiger partial charge in [-0.15, -0.1) is 0 Å². The summed E-state index contributed by atoms with van der Waals surface area (Å²) in [6.45, 7) is 8.02. The van der Waals surface area contributed by atoms with Crippen LogP contribution in [0.5, 0.6) is 0 Å². The minimum atomic E-state index is -0.481. The molecule has 0 saturated carbocycles. The van der Waals surface area contributed by atoms with Crippen LogP contribution in [0.25, 0.3) is 0 Å². The Morgan fingerprint density at radius 2 is 1.77 bits per heavy atom. The summed E-state index contributed by atoms with van der Waals surface area (Å²) in [5.74, 6) is -0.122. The highest BCUT2D eigenvalue weighted by Gasteiger charge is 2.25. The summed E-state index contributed by atoms with van der Waals surface area (Å²) >= 11 is 3.40. The van der Waals surface area contributed by atoms with E-state index in [9.17, 15) is 9.59 Å². The Bertz CT molecular complexity index is 502. The first-order chi connectivity index (χ1) is 10.4. The smallest absolute Gasteiger partial charge is 0.242 e. The lowest BCUT2D eigenvalue weighted by Crippen LogP contribution is -2.49. The van der Waals surface area contributed by atoms with Crippen molar-refractivity contribution < 1.29 is 9.59 Å². The summed E-state index contributed by atoms with van der Waals surface area (Å²) in [7, 11) is 0. The zero-order chi connectivity index (χ0) is 16.7. The number of carbonyl (C=O) groups is 2. The lowest BCUT2D eigenvalue weighted by molar-refractivity contribution is -0.140. The molecule has 1 rings (SSSR count). The molecule has 0 heterocycles. The molecule has 0 fully saturated rings. The molecular formula is C17H25BrN2O2. The van der Waals surface area contributed by atoms with Gasteiger partial charge in [0.2, 0.25) is 11.8 Å². The van der Waals surface area contributed by atoms with Gasteiger partial charge in [0.05, 0.1) is 0 Å². The van der Waals surface area contributed by atoms with Crippen LogP contribution in [-0.4, -0.2) is 28.8 Å². The summed E-state index contributed by atoms with van der Waals surface area (Å²) in [5, 5.41) is 2.94. The Morgan fingerprint density at radius 3 is 2.27 bits per heavy atom. The lowest BCUT2D eigenvalue weighted by Gasteiger charge is -2.29. The molecule has 5 heteroatoms.